The largest absolute Gasteiger partial charge is 0.128 e. The molecule has 0 spiro atoms. The first-order valence-corrected chi connectivity index (χ1v) is 8.61. The van der Waals surface area contributed by atoms with Crippen molar-refractivity contribution in [1.29, 1.82) is 0 Å². The lowest BCUT2D eigenvalue weighted by Gasteiger charge is -2.38. The monoisotopic (exact) mass is 281 g/mol. The van der Waals surface area contributed by atoms with Gasteiger partial charge in [0.25, 0.3) is 0 Å². The van der Waals surface area contributed by atoms with Gasteiger partial charge in [0.1, 0.15) is 7.28 Å². The average Bonchev–Trinajstić information content (AvgIpc) is 2.46. The Bertz CT molecular complexity index is 486. The summed E-state index contributed by atoms with van der Waals surface area (Å²) in [5.74, 6) is 0.745. The number of rotatable bonds is 5. The van der Waals surface area contributed by atoms with Crippen LogP contribution in [-0.2, 0) is 5.31 Å². The van der Waals surface area contributed by atoms with Gasteiger partial charge in [-0.2, -0.15) is 0 Å². The zero-order chi connectivity index (χ0) is 15.5. The highest BCUT2D eigenvalue weighted by Crippen LogP contribution is 2.40. The molecule has 1 aromatic carbocycles. The first-order valence-electron chi connectivity index (χ1n) is 8.61. The molecule has 0 saturated heterocycles. The average molecular weight is 281 g/mol. The SMILES string of the molecule is CCC([B]C1CC=CCC1)(CC)c1c(C)cc(C)cc1C. The highest BCUT2D eigenvalue weighted by atomic mass is 14.3. The fourth-order valence-electron chi connectivity index (χ4n) is 4.31. The van der Waals surface area contributed by atoms with Crippen LogP contribution in [0, 0.1) is 20.8 Å². The van der Waals surface area contributed by atoms with E-state index in [4.69, 9.17) is 0 Å². The molecule has 0 fully saturated rings. The summed E-state index contributed by atoms with van der Waals surface area (Å²) < 4.78 is 0. The van der Waals surface area contributed by atoms with Gasteiger partial charge in [-0.15, -0.1) is 0 Å². The molecule has 1 aliphatic rings. The summed E-state index contributed by atoms with van der Waals surface area (Å²) >= 11 is 0. The number of hydrogen-bond acceptors (Lipinski definition) is 0. The molecule has 0 N–H and O–H groups in total. The van der Waals surface area contributed by atoms with Crippen molar-refractivity contribution >= 4 is 7.28 Å². The van der Waals surface area contributed by atoms with E-state index in [1.807, 2.05) is 0 Å². The normalized spacial score (nSPS) is 18.8. The highest BCUT2D eigenvalue weighted by molar-refractivity contribution is 6.42. The number of benzene rings is 1. The minimum atomic E-state index is 0.248. The van der Waals surface area contributed by atoms with Gasteiger partial charge in [0.2, 0.25) is 0 Å². The minimum absolute atomic E-state index is 0.248. The van der Waals surface area contributed by atoms with Gasteiger partial charge in [0.05, 0.1) is 0 Å². The Morgan fingerprint density at radius 1 is 1.05 bits per heavy atom. The zero-order valence-electron chi connectivity index (χ0n) is 14.5. The summed E-state index contributed by atoms with van der Waals surface area (Å²) in [7, 11) is 2.70. The van der Waals surface area contributed by atoms with Crippen molar-refractivity contribution in [3.8, 4) is 0 Å². The van der Waals surface area contributed by atoms with E-state index < -0.39 is 0 Å². The topological polar surface area (TPSA) is 0 Å². The van der Waals surface area contributed by atoms with Crippen molar-refractivity contribution in [2.24, 2.45) is 0 Å². The standard InChI is InChI=1S/C20H30B/c1-6-20(7-2,21-18-11-9-8-10-12-18)19-16(4)13-15(3)14-17(19)5/h8-9,13-14,18H,6-7,10-12H2,1-5H3. The van der Waals surface area contributed by atoms with Gasteiger partial charge in [0, 0.05) is 0 Å². The van der Waals surface area contributed by atoms with Gasteiger partial charge in [-0.1, -0.05) is 68.8 Å². The van der Waals surface area contributed by atoms with Crippen LogP contribution in [0.3, 0.4) is 0 Å². The van der Waals surface area contributed by atoms with Gasteiger partial charge in [-0.05, 0) is 55.6 Å². The van der Waals surface area contributed by atoms with Crippen LogP contribution in [0.1, 0.15) is 68.2 Å². The van der Waals surface area contributed by atoms with Gasteiger partial charge in [-0.25, -0.2) is 0 Å². The van der Waals surface area contributed by atoms with E-state index in [9.17, 15) is 0 Å². The fraction of sp³-hybridized carbons (Fsp3) is 0.600. The number of hydrogen-bond donors (Lipinski definition) is 0. The molecule has 113 valence electrons. The predicted octanol–water partition coefficient (Wildman–Crippen LogP) is 5.86. The second-order valence-electron chi connectivity index (χ2n) is 6.85. The molecule has 2 rings (SSSR count). The molecule has 0 saturated carbocycles. The summed E-state index contributed by atoms with van der Waals surface area (Å²) in [5.41, 5.74) is 5.92. The molecular weight excluding hydrogens is 251 g/mol. The van der Waals surface area contributed by atoms with Crippen LogP contribution >= 0.6 is 0 Å². The van der Waals surface area contributed by atoms with Crippen LogP contribution in [0.4, 0.5) is 0 Å². The molecule has 0 aromatic heterocycles. The van der Waals surface area contributed by atoms with Crippen molar-refractivity contribution in [1.82, 2.24) is 0 Å². The van der Waals surface area contributed by atoms with Gasteiger partial charge in [0.15, 0.2) is 0 Å². The Hall–Kier alpha value is -0.975. The molecule has 1 radical (unpaired) electrons. The lowest BCUT2D eigenvalue weighted by Crippen LogP contribution is -2.36. The Morgan fingerprint density at radius 2 is 1.67 bits per heavy atom. The maximum atomic E-state index is 2.70. The predicted molar refractivity (Wildman–Crippen MR) is 95.4 cm³/mol. The van der Waals surface area contributed by atoms with E-state index in [-0.39, 0.29) is 5.31 Å². The molecule has 1 atom stereocenters. The summed E-state index contributed by atoms with van der Waals surface area (Å²) in [6, 6.07) is 4.72. The zero-order valence-corrected chi connectivity index (χ0v) is 14.5. The first kappa shape index (κ1) is 16.4. The molecule has 1 heteroatoms. The minimum Gasteiger partial charge on any atom is -0.0890 e. The molecule has 0 nitrogen and oxygen atoms in total. The Kier molecular flexibility index (Phi) is 5.35. The van der Waals surface area contributed by atoms with Crippen LogP contribution in [0.5, 0.6) is 0 Å². The van der Waals surface area contributed by atoms with E-state index >= 15 is 0 Å². The Morgan fingerprint density at radius 3 is 2.14 bits per heavy atom. The molecule has 21 heavy (non-hydrogen) atoms. The van der Waals surface area contributed by atoms with E-state index in [1.165, 1.54) is 48.8 Å². The first-order chi connectivity index (χ1) is 10.0. The van der Waals surface area contributed by atoms with Crippen LogP contribution in [0.25, 0.3) is 0 Å². The van der Waals surface area contributed by atoms with Gasteiger partial charge >= 0.3 is 0 Å². The Labute approximate surface area is 132 Å². The van der Waals surface area contributed by atoms with Crippen molar-refractivity contribution in [2.45, 2.75) is 77.9 Å². The van der Waals surface area contributed by atoms with Crippen LogP contribution in [-0.4, -0.2) is 7.28 Å². The summed E-state index contributed by atoms with van der Waals surface area (Å²) in [5, 5.41) is 0.248. The molecule has 0 aliphatic heterocycles. The van der Waals surface area contributed by atoms with Gasteiger partial charge < -0.3 is 0 Å². The molecule has 0 heterocycles. The second-order valence-corrected chi connectivity index (χ2v) is 6.85. The van der Waals surface area contributed by atoms with Crippen LogP contribution in [0.2, 0.25) is 5.82 Å². The lowest BCUT2D eigenvalue weighted by molar-refractivity contribution is 0.532. The number of allylic oxidation sites excluding steroid dienone is 2. The van der Waals surface area contributed by atoms with Gasteiger partial charge in [-0.3, -0.25) is 0 Å². The molecule has 0 bridgehead atoms. The molecular formula is C20H30B. The fourth-order valence-corrected chi connectivity index (χ4v) is 4.31. The van der Waals surface area contributed by atoms with Crippen molar-refractivity contribution in [3.63, 3.8) is 0 Å². The summed E-state index contributed by atoms with van der Waals surface area (Å²) in [6.45, 7) is 11.5. The van der Waals surface area contributed by atoms with E-state index in [2.05, 4.69) is 66.2 Å². The quantitative estimate of drug-likeness (QED) is 0.468. The molecule has 1 aliphatic carbocycles. The molecule has 1 aromatic rings. The summed E-state index contributed by atoms with van der Waals surface area (Å²) in [6.07, 6.45) is 10.9. The van der Waals surface area contributed by atoms with E-state index in [0.717, 1.165) is 5.82 Å². The number of aryl methyl sites for hydroxylation is 3. The third-order valence-electron chi connectivity index (χ3n) is 5.30. The maximum Gasteiger partial charge on any atom is 0.128 e. The van der Waals surface area contributed by atoms with Crippen molar-refractivity contribution in [3.05, 3.63) is 46.5 Å². The van der Waals surface area contributed by atoms with E-state index in [0.29, 0.717) is 0 Å². The molecule has 0 amide bonds. The van der Waals surface area contributed by atoms with E-state index in [1.54, 1.807) is 5.56 Å². The van der Waals surface area contributed by atoms with Crippen molar-refractivity contribution in [2.75, 3.05) is 0 Å². The van der Waals surface area contributed by atoms with Crippen LogP contribution < -0.4 is 0 Å². The second kappa shape index (κ2) is 6.86. The maximum absolute atomic E-state index is 2.70. The highest BCUT2D eigenvalue weighted by Gasteiger charge is 2.34. The lowest BCUT2D eigenvalue weighted by atomic mass is 9.39. The smallest absolute Gasteiger partial charge is 0.0890 e. The Balaban J connectivity index is 2.39. The molecule has 1 unspecified atom stereocenters. The van der Waals surface area contributed by atoms with Crippen molar-refractivity contribution < 1.29 is 0 Å². The summed E-state index contributed by atoms with van der Waals surface area (Å²) in [4.78, 5) is 0. The third kappa shape index (κ3) is 3.44. The third-order valence-corrected chi connectivity index (χ3v) is 5.30. The van der Waals surface area contributed by atoms with Crippen LogP contribution in [0.15, 0.2) is 24.3 Å².